The SMILES string of the molecule is Cc1ccc(-n2cnnc2SCC(=O)N2CCN(C(=O)C(C)C)CC2)cc1. The lowest BCUT2D eigenvalue weighted by molar-refractivity contribution is -0.140. The van der Waals surface area contributed by atoms with E-state index in [4.69, 9.17) is 0 Å². The number of hydrogen-bond acceptors (Lipinski definition) is 5. The van der Waals surface area contributed by atoms with E-state index in [9.17, 15) is 9.59 Å². The summed E-state index contributed by atoms with van der Waals surface area (Å²) < 4.78 is 1.89. The van der Waals surface area contributed by atoms with Crippen LogP contribution in [0.25, 0.3) is 5.69 Å². The minimum absolute atomic E-state index is 0.00376. The van der Waals surface area contributed by atoms with Gasteiger partial charge in [-0.1, -0.05) is 43.3 Å². The van der Waals surface area contributed by atoms with Gasteiger partial charge in [-0.15, -0.1) is 10.2 Å². The Bertz CT molecular complexity index is 795. The molecule has 1 aromatic heterocycles. The molecule has 0 unspecified atom stereocenters. The van der Waals surface area contributed by atoms with Crippen LogP contribution < -0.4 is 0 Å². The average Bonchev–Trinajstić information content (AvgIpc) is 3.14. The van der Waals surface area contributed by atoms with Gasteiger partial charge in [-0.2, -0.15) is 0 Å². The van der Waals surface area contributed by atoms with Crippen molar-refractivity contribution in [3.8, 4) is 5.69 Å². The number of aryl methyl sites for hydroxylation is 1. The second kappa shape index (κ2) is 8.56. The molecule has 0 radical (unpaired) electrons. The van der Waals surface area contributed by atoms with Crippen LogP contribution in [0.2, 0.25) is 0 Å². The fourth-order valence-electron chi connectivity index (χ4n) is 2.96. The van der Waals surface area contributed by atoms with Crippen LogP contribution in [0, 0.1) is 12.8 Å². The van der Waals surface area contributed by atoms with Crippen molar-refractivity contribution in [1.29, 1.82) is 0 Å². The van der Waals surface area contributed by atoms with Crippen molar-refractivity contribution >= 4 is 23.6 Å². The van der Waals surface area contributed by atoms with Gasteiger partial charge in [0.25, 0.3) is 0 Å². The molecule has 1 aromatic carbocycles. The van der Waals surface area contributed by atoms with Crippen LogP contribution in [0.1, 0.15) is 19.4 Å². The summed E-state index contributed by atoms with van der Waals surface area (Å²) in [5, 5.41) is 8.81. The Morgan fingerprint density at radius 1 is 1.07 bits per heavy atom. The molecule has 1 saturated heterocycles. The molecule has 144 valence electrons. The smallest absolute Gasteiger partial charge is 0.233 e. The van der Waals surface area contributed by atoms with Gasteiger partial charge in [0.05, 0.1) is 5.75 Å². The van der Waals surface area contributed by atoms with Crippen molar-refractivity contribution in [3.05, 3.63) is 36.2 Å². The highest BCUT2D eigenvalue weighted by Gasteiger charge is 2.25. The highest BCUT2D eigenvalue weighted by molar-refractivity contribution is 7.99. The summed E-state index contributed by atoms with van der Waals surface area (Å²) in [6.07, 6.45) is 1.66. The Balaban J connectivity index is 1.54. The van der Waals surface area contributed by atoms with E-state index >= 15 is 0 Å². The lowest BCUT2D eigenvalue weighted by Crippen LogP contribution is -2.51. The van der Waals surface area contributed by atoms with Crippen LogP contribution in [-0.4, -0.2) is 68.3 Å². The van der Waals surface area contributed by atoms with E-state index in [1.807, 2.05) is 59.4 Å². The van der Waals surface area contributed by atoms with E-state index in [1.165, 1.54) is 17.3 Å². The normalized spacial score (nSPS) is 14.7. The van der Waals surface area contributed by atoms with Crippen LogP contribution in [-0.2, 0) is 9.59 Å². The molecule has 1 aliphatic rings. The number of carbonyl (C=O) groups excluding carboxylic acids is 2. The number of amides is 2. The summed E-state index contributed by atoms with van der Waals surface area (Å²) >= 11 is 1.38. The van der Waals surface area contributed by atoms with Crippen molar-refractivity contribution in [2.45, 2.75) is 25.9 Å². The van der Waals surface area contributed by atoms with E-state index in [-0.39, 0.29) is 17.7 Å². The Hall–Kier alpha value is -2.35. The second-order valence-electron chi connectivity index (χ2n) is 6.97. The maximum atomic E-state index is 12.5. The van der Waals surface area contributed by atoms with Crippen molar-refractivity contribution in [2.24, 2.45) is 5.92 Å². The monoisotopic (exact) mass is 387 g/mol. The first-order valence-electron chi connectivity index (χ1n) is 9.12. The highest BCUT2D eigenvalue weighted by Crippen LogP contribution is 2.20. The molecule has 2 heterocycles. The average molecular weight is 388 g/mol. The Morgan fingerprint density at radius 3 is 2.33 bits per heavy atom. The van der Waals surface area contributed by atoms with Gasteiger partial charge in [0.1, 0.15) is 6.33 Å². The van der Waals surface area contributed by atoms with Gasteiger partial charge < -0.3 is 9.80 Å². The van der Waals surface area contributed by atoms with Crippen LogP contribution in [0.15, 0.2) is 35.7 Å². The fourth-order valence-corrected chi connectivity index (χ4v) is 3.80. The first-order chi connectivity index (χ1) is 13.0. The summed E-state index contributed by atoms with van der Waals surface area (Å²) in [6.45, 7) is 8.23. The number of thioether (sulfide) groups is 1. The zero-order chi connectivity index (χ0) is 19.4. The predicted octanol–water partition coefficient (Wildman–Crippen LogP) is 1.99. The molecule has 0 aliphatic carbocycles. The minimum atomic E-state index is -0.00376. The molecule has 3 rings (SSSR count). The third-order valence-corrected chi connectivity index (χ3v) is 5.52. The number of carbonyl (C=O) groups is 2. The number of hydrogen-bond donors (Lipinski definition) is 0. The molecule has 2 aromatic rings. The number of aromatic nitrogens is 3. The zero-order valence-electron chi connectivity index (χ0n) is 16.0. The topological polar surface area (TPSA) is 71.3 Å². The molecular weight excluding hydrogens is 362 g/mol. The molecule has 0 N–H and O–H groups in total. The summed E-state index contributed by atoms with van der Waals surface area (Å²) in [4.78, 5) is 28.3. The van der Waals surface area contributed by atoms with E-state index < -0.39 is 0 Å². The van der Waals surface area contributed by atoms with Crippen LogP contribution >= 0.6 is 11.8 Å². The third-order valence-electron chi connectivity index (χ3n) is 4.59. The first-order valence-corrected chi connectivity index (χ1v) is 10.1. The standard InChI is InChI=1S/C19H25N5O2S/c1-14(2)18(26)23-10-8-22(9-11-23)17(25)12-27-19-21-20-13-24(19)16-6-4-15(3)5-7-16/h4-7,13-14H,8-12H2,1-3H3. The molecule has 0 saturated carbocycles. The molecule has 0 bridgehead atoms. The molecule has 0 atom stereocenters. The Kier molecular flexibility index (Phi) is 6.15. The molecule has 27 heavy (non-hydrogen) atoms. The van der Waals surface area contributed by atoms with E-state index in [1.54, 1.807) is 6.33 Å². The Morgan fingerprint density at radius 2 is 1.70 bits per heavy atom. The van der Waals surface area contributed by atoms with E-state index in [0.29, 0.717) is 37.1 Å². The molecular formula is C19H25N5O2S. The molecule has 7 nitrogen and oxygen atoms in total. The number of benzene rings is 1. The number of nitrogens with zero attached hydrogens (tertiary/aromatic N) is 5. The quantitative estimate of drug-likeness (QED) is 0.734. The van der Waals surface area contributed by atoms with Gasteiger partial charge in [-0.25, -0.2) is 0 Å². The summed E-state index contributed by atoms with van der Waals surface area (Å²) in [7, 11) is 0. The molecule has 0 spiro atoms. The minimum Gasteiger partial charge on any atom is -0.339 e. The number of rotatable bonds is 5. The Labute approximate surface area is 163 Å². The summed E-state index contributed by atoms with van der Waals surface area (Å²) in [5.41, 5.74) is 2.16. The van der Waals surface area contributed by atoms with Crippen molar-refractivity contribution in [3.63, 3.8) is 0 Å². The van der Waals surface area contributed by atoms with Gasteiger partial charge in [0.15, 0.2) is 5.16 Å². The van der Waals surface area contributed by atoms with Gasteiger partial charge >= 0.3 is 0 Å². The number of piperazine rings is 1. The van der Waals surface area contributed by atoms with Crippen molar-refractivity contribution in [2.75, 3.05) is 31.9 Å². The van der Waals surface area contributed by atoms with Crippen molar-refractivity contribution < 1.29 is 9.59 Å². The lowest BCUT2D eigenvalue weighted by Gasteiger charge is -2.35. The molecule has 1 fully saturated rings. The molecule has 2 amide bonds. The van der Waals surface area contributed by atoms with Gasteiger partial charge in [0.2, 0.25) is 11.8 Å². The first kappa shape index (κ1) is 19.4. The lowest BCUT2D eigenvalue weighted by atomic mass is 10.1. The highest BCUT2D eigenvalue weighted by atomic mass is 32.2. The third kappa shape index (κ3) is 4.68. The zero-order valence-corrected chi connectivity index (χ0v) is 16.8. The maximum absolute atomic E-state index is 12.5. The van der Waals surface area contributed by atoms with E-state index in [2.05, 4.69) is 10.2 Å². The van der Waals surface area contributed by atoms with Gasteiger partial charge in [0, 0.05) is 37.8 Å². The summed E-state index contributed by atoms with van der Waals surface area (Å²) in [5.74, 6) is 0.525. The fraction of sp³-hybridized carbons (Fsp3) is 0.474. The van der Waals surface area contributed by atoms with Crippen LogP contribution in [0.4, 0.5) is 0 Å². The van der Waals surface area contributed by atoms with Crippen LogP contribution in [0.3, 0.4) is 0 Å². The van der Waals surface area contributed by atoms with E-state index in [0.717, 1.165) is 5.69 Å². The van der Waals surface area contributed by atoms with Gasteiger partial charge in [-0.3, -0.25) is 14.2 Å². The maximum Gasteiger partial charge on any atom is 0.233 e. The van der Waals surface area contributed by atoms with Crippen LogP contribution in [0.5, 0.6) is 0 Å². The largest absolute Gasteiger partial charge is 0.339 e. The molecule has 1 aliphatic heterocycles. The second-order valence-corrected chi connectivity index (χ2v) is 7.91. The van der Waals surface area contributed by atoms with Gasteiger partial charge in [-0.05, 0) is 19.1 Å². The van der Waals surface area contributed by atoms with Crippen molar-refractivity contribution in [1.82, 2.24) is 24.6 Å². The molecule has 8 heteroatoms. The summed E-state index contributed by atoms with van der Waals surface area (Å²) in [6, 6.07) is 8.09. The predicted molar refractivity (Wildman–Crippen MR) is 105 cm³/mol.